The van der Waals surface area contributed by atoms with Crippen molar-refractivity contribution in [1.29, 1.82) is 0 Å². The van der Waals surface area contributed by atoms with E-state index < -0.39 is 0 Å². The van der Waals surface area contributed by atoms with Crippen LogP contribution in [-0.4, -0.2) is 11.5 Å². The van der Waals surface area contributed by atoms with Crippen molar-refractivity contribution >= 4 is 0 Å². The molecule has 0 aliphatic rings. The van der Waals surface area contributed by atoms with Gasteiger partial charge in [-0.1, -0.05) is 30.3 Å². The van der Waals surface area contributed by atoms with Gasteiger partial charge in [-0.25, -0.2) is 4.98 Å². The molecule has 3 heteroatoms. The lowest BCUT2D eigenvalue weighted by molar-refractivity contribution is 0.471. The molecule has 0 aliphatic carbocycles. The summed E-state index contributed by atoms with van der Waals surface area (Å²) in [6.45, 7) is 2.52. The smallest absolute Gasteiger partial charge is 0.195 e. The Hall–Kier alpha value is -1.61. The molecule has 2 rings (SSSR count). The largest absolute Gasteiger partial charge is 0.446 e. The Bertz CT molecular complexity index is 448. The van der Waals surface area contributed by atoms with Gasteiger partial charge in [-0.05, 0) is 12.5 Å². The van der Waals surface area contributed by atoms with E-state index in [-0.39, 0.29) is 0 Å². The maximum Gasteiger partial charge on any atom is 0.195 e. The maximum absolute atomic E-state index is 5.54. The summed E-state index contributed by atoms with van der Waals surface area (Å²) in [7, 11) is 0. The third-order valence-electron chi connectivity index (χ3n) is 2.51. The highest BCUT2D eigenvalue weighted by molar-refractivity contribution is 5.23. The van der Waals surface area contributed by atoms with Crippen LogP contribution < -0.4 is 5.73 Å². The Balaban J connectivity index is 2.15. The molecule has 0 saturated heterocycles. The van der Waals surface area contributed by atoms with Crippen LogP contribution in [0.25, 0.3) is 0 Å². The first kappa shape index (κ1) is 10.9. The Morgan fingerprint density at radius 1 is 1.25 bits per heavy atom. The number of aromatic nitrogens is 1. The molecule has 0 spiro atoms. The third kappa shape index (κ3) is 2.49. The summed E-state index contributed by atoms with van der Waals surface area (Å²) >= 11 is 0. The molecule has 2 N–H and O–H groups in total. The minimum atomic E-state index is 0.574. The van der Waals surface area contributed by atoms with E-state index in [1.807, 2.05) is 25.1 Å². The molecule has 3 nitrogen and oxygen atoms in total. The molecule has 16 heavy (non-hydrogen) atoms. The highest BCUT2D eigenvalue weighted by atomic mass is 16.4. The second-order valence-corrected chi connectivity index (χ2v) is 3.81. The van der Waals surface area contributed by atoms with Gasteiger partial charge in [0.1, 0.15) is 5.76 Å². The minimum absolute atomic E-state index is 0.574. The van der Waals surface area contributed by atoms with Crippen LogP contribution in [0.3, 0.4) is 0 Å². The second-order valence-electron chi connectivity index (χ2n) is 3.81. The van der Waals surface area contributed by atoms with E-state index in [4.69, 9.17) is 10.2 Å². The van der Waals surface area contributed by atoms with Crippen LogP contribution in [0, 0.1) is 6.92 Å². The molecule has 0 aliphatic heterocycles. The first-order valence-electron chi connectivity index (χ1n) is 5.49. The molecular formula is C13H16N2O. The molecule has 2 aromatic rings. The standard InChI is InChI=1S/C13H16N2O/c1-10-12(15-13(16-10)7-8-14)9-11-5-3-2-4-6-11/h2-6H,7-9,14H2,1H3. The number of nitrogens with zero attached hydrogens (tertiary/aromatic N) is 1. The van der Waals surface area contributed by atoms with Crippen molar-refractivity contribution in [2.24, 2.45) is 5.73 Å². The highest BCUT2D eigenvalue weighted by Crippen LogP contribution is 2.14. The van der Waals surface area contributed by atoms with Crippen LogP contribution in [-0.2, 0) is 12.8 Å². The maximum atomic E-state index is 5.54. The van der Waals surface area contributed by atoms with E-state index in [0.717, 1.165) is 23.8 Å². The van der Waals surface area contributed by atoms with Gasteiger partial charge in [-0.3, -0.25) is 0 Å². The number of oxazole rings is 1. The van der Waals surface area contributed by atoms with Crippen LogP contribution in [0.15, 0.2) is 34.7 Å². The zero-order chi connectivity index (χ0) is 11.4. The fourth-order valence-corrected chi connectivity index (χ4v) is 1.67. The van der Waals surface area contributed by atoms with Gasteiger partial charge in [0.05, 0.1) is 5.69 Å². The molecular weight excluding hydrogens is 200 g/mol. The lowest BCUT2D eigenvalue weighted by atomic mass is 10.1. The molecule has 0 bridgehead atoms. The van der Waals surface area contributed by atoms with Crippen molar-refractivity contribution in [1.82, 2.24) is 4.98 Å². The SMILES string of the molecule is Cc1oc(CCN)nc1Cc1ccccc1. The molecule has 84 valence electrons. The number of benzene rings is 1. The molecule has 0 radical (unpaired) electrons. The fraction of sp³-hybridized carbons (Fsp3) is 0.308. The van der Waals surface area contributed by atoms with Gasteiger partial charge in [-0.15, -0.1) is 0 Å². The predicted octanol–water partition coefficient (Wildman–Crippen LogP) is 2.08. The van der Waals surface area contributed by atoms with Gasteiger partial charge in [0, 0.05) is 19.4 Å². The topological polar surface area (TPSA) is 52.0 Å². The highest BCUT2D eigenvalue weighted by Gasteiger charge is 2.09. The Kier molecular flexibility index (Phi) is 3.37. The Morgan fingerprint density at radius 3 is 2.69 bits per heavy atom. The van der Waals surface area contributed by atoms with Crippen LogP contribution >= 0.6 is 0 Å². The van der Waals surface area contributed by atoms with Crippen molar-refractivity contribution in [3.05, 3.63) is 53.2 Å². The number of hydrogen-bond acceptors (Lipinski definition) is 3. The summed E-state index contributed by atoms with van der Waals surface area (Å²) in [6, 6.07) is 10.3. The van der Waals surface area contributed by atoms with E-state index in [2.05, 4.69) is 17.1 Å². The van der Waals surface area contributed by atoms with Crippen molar-refractivity contribution in [3.63, 3.8) is 0 Å². The van der Waals surface area contributed by atoms with E-state index in [1.165, 1.54) is 5.56 Å². The lowest BCUT2D eigenvalue weighted by Gasteiger charge is -1.97. The quantitative estimate of drug-likeness (QED) is 0.851. The number of nitrogens with two attached hydrogens (primary N) is 1. The fourth-order valence-electron chi connectivity index (χ4n) is 1.67. The number of aryl methyl sites for hydroxylation is 1. The number of rotatable bonds is 4. The summed E-state index contributed by atoms with van der Waals surface area (Å²) < 4.78 is 5.54. The monoisotopic (exact) mass is 216 g/mol. The second kappa shape index (κ2) is 4.94. The number of hydrogen-bond donors (Lipinski definition) is 1. The molecule has 0 fully saturated rings. The molecule has 1 aromatic carbocycles. The normalized spacial score (nSPS) is 10.6. The molecule has 1 heterocycles. The minimum Gasteiger partial charge on any atom is -0.446 e. The lowest BCUT2D eigenvalue weighted by Crippen LogP contribution is -2.02. The van der Waals surface area contributed by atoms with Crippen molar-refractivity contribution in [3.8, 4) is 0 Å². The average molecular weight is 216 g/mol. The Labute approximate surface area is 95.3 Å². The molecule has 0 unspecified atom stereocenters. The van der Waals surface area contributed by atoms with Gasteiger partial charge in [0.25, 0.3) is 0 Å². The van der Waals surface area contributed by atoms with Gasteiger partial charge < -0.3 is 10.2 Å². The summed E-state index contributed by atoms with van der Waals surface area (Å²) in [6.07, 6.45) is 1.52. The van der Waals surface area contributed by atoms with E-state index in [1.54, 1.807) is 0 Å². The van der Waals surface area contributed by atoms with Crippen LogP contribution in [0.1, 0.15) is 22.9 Å². The van der Waals surface area contributed by atoms with E-state index in [0.29, 0.717) is 13.0 Å². The van der Waals surface area contributed by atoms with Gasteiger partial charge >= 0.3 is 0 Å². The first-order valence-corrected chi connectivity index (χ1v) is 5.49. The molecule has 0 saturated carbocycles. The van der Waals surface area contributed by atoms with E-state index >= 15 is 0 Å². The van der Waals surface area contributed by atoms with Crippen molar-refractivity contribution < 1.29 is 4.42 Å². The summed E-state index contributed by atoms with van der Waals surface area (Å²) in [4.78, 5) is 4.45. The Morgan fingerprint density at radius 2 is 2.00 bits per heavy atom. The molecule has 1 aromatic heterocycles. The third-order valence-corrected chi connectivity index (χ3v) is 2.51. The average Bonchev–Trinajstić information content (AvgIpc) is 2.61. The van der Waals surface area contributed by atoms with Gasteiger partial charge in [0.2, 0.25) is 0 Å². The van der Waals surface area contributed by atoms with Crippen LogP contribution in [0.5, 0.6) is 0 Å². The summed E-state index contributed by atoms with van der Waals surface area (Å²) in [5.41, 5.74) is 7.73. The van der Waals surface area contributed by atoms with Gasteiger partial charge in [-0.2, -0.15) is 0 Å². The zero-order valence-electron chi connectivity index (χ0n) is 9.44. The van der Waals surface area contributed by atoms with E-state index in [9.17, 15) is 0 Å². The molecule has 0 amide bonds. The molecule has 0 atom stereocenters. The zero-order valence-corrected chi connectivity index (χ0v) is 9.44. The predicted molar refractivity (Wildman–Crippen MR) is 63.2 cm³/mol. The summed E-state index contributed by atoms with van der Waals surface area (Å²) in [5.74, 6) is 1.64. The van der Waals surface area contributed by atoms with Crippen LogP contribution in [0.2, 0.25) is 0 Å². The van der Waals surface area contributed by atoms with Gasteiger partial charge in [0.15, 0.2) is 5.89 Å². The van der Waals surface area contributed by atoms with Crippen molar-refractivity contribution in [2.75, 3.05) is 6.54 Å². The summed E-state index contributed by atoms with van der Waals surface area (Å²) in [5, 5.41) is 0. The first-order chi connectivity index (χ1) is 7.79. The van der Waals surface area contributed by atoms with Crippen molar-refractivity contribution in [2.45, 2.75) is 19.8 Å². The van der Waals surface area contributed by atoms with Crippen LogP contribution in [0.4, 0.5) is 0 Å².